The van der Waals surface area contributed by atoms with Gasteiger partial charge in [0.2, 0.25) is 0 Å². The number of aliphatic hydroxyl groups is 1. The third kappa shape index (κ3) is 2.42. The molecule has 4 heteroatoms. The van der Waals surface area contributed by atoms with Crippen molar-refractivity contribution in [3.8, 4) is 11.5 Å². The molecule has 0 atom stereocenters. The van der Waals surface area contributed by atoms with E-state index in [1.807, 2.05) is 0 Å². The van der Waals surface area contributed by atoms with E-state index in [4.69, 9.17) is 21.1 Å². The fourth-order valence-electron chi connectivity index (χ4n) is 1.53. The van der Waals surface area contributed by atoms with Crippen LogP contribution in [-0.2, 0) is 6.61 Å². The second-order valence-electron chi connectivity index (χ2n) is 3.97. The first-order chi connectivity index (χ1) is 7.76. The summed E-state index contributed by atoms with van der Waals surface area (Å²) in [7, 11) is 1.58. The fourth-order valence-corrected chi connectivity index (χ4v) is 1.74. The highest BCUT2D eigenvalue weighted by atomic mass is 35.5. The number of halogens is 1. The number of methoxy groups -OCH3 is 1. The van der Waals surface area contributed by atoms with Crippen LogP contribution in [0, 0.1) is 5.92 Å². The van der Waals surface area contributed by atoms with Crippen molar-refractivity contribution in [3.05, 3.63) is 22.7 Å². The maximum Gasteiger partial charge on any atom is 0.168 e. The zero-order chi connectivity index (χ0) is 11.5. The van der Waals surface area contributed by atoms with Crippen molar-refractivity contribution >= 4 is 11.6 Å². The first-order valence-electron chi connectivity index (χ1n) is 5.35. The van der Waals surface area contributed by atoms with Crippen LogP contribution in [0.1, 0.15) is 18.4 Å². The van der Waals surface area contributed by atoms with Gasteiger partial charge in [0, 0.05) is 5.56 Å². The molecule has 0 amide bonds. The molecule has 88 valence electrons. The molecule has 1 aliphatic rings. The van der Waals surface area contributed by atoms with Crippen LogP contribution in [-0.4, -0.2) is 18.8 Å². The van der Waals surface area contributed by atoms with Crippen LogP contribution in [0.3, 0.4) is 0 Å². The standard InChI is InChI=1S/C12H15ClO3/c1-15-11-5-4-10(13)9(6-14)12(11)16-7-8-2-3-8/h4-5,8,14H,2-3,6-7H2,1H3. The lowest BCUT2D eigenvalue weighted by Gasteiger charge is -2.14. The Hall–Kier alpha value is -0.930. The predicted octanol–water partition coefficient (Wildman–Crippen LogP) is 2.63. The first-order valence-corrected chi connectivity index (χ1v) is 5.73. The molecule has 0 heterocycles. The van der Waals surface area contributed by atoms with Crippen molar-refractivity contribution < 1.29 is 14.6 Å². The molecule has 0 aliphatic heterocycles. The molecule has 0 saturated heterocycles. The van der Waals surface area contributed by atoms with Crippen molar-refractivity contribution in [2.45, 2.75) is 19.4 Å². The van der Waals surface area contributed by atoms with Gasteiger partial charge in [0.25, 0.3) is 0 Å². The Labute approximate surface area is 99.9 Å². The molecule has 0 radical (unpaired) electrons. The van der Waals surface area contributed by atoms with Gasteiger partial charge in [-0.05, 0) is 30.9 Å². The average Bonchev–Trinajstić information content (AvgIpc) is 3.10. The average molecular weight is 243 g/mol. The van der Waals surface area contributed by atoms with E-state index in [9.17, 15) is 5.11 Å². The number of benzene rings is 1. The van der Waals surface area contributed by atoms with Gasteiger partial charge >= 0.3 is 0 Å². The van der Waals surface area contributed by atoms with E-state index < -0.39 is 0 Å². The number of aliphatic hydroxyl groups excluding tert-OH is 1. The largest absolute Gasteiger partial charge is 0.493 e. The molecule has 0 bridgehead atoms. The van der Waals surface area contributed by atoms with Gasteiger partial charge in [0.05, 0.1) is 25.3 Å². The lowest BCUT2D eigenvalue weighted by Crippen LogP contribution is -2.04. The lowest BCUT2D eigenvalue weighted by atomic mass is 10.2. The SMILES string of the molecule is COc1ccc(Cl)c(CO)c1OCC1CC1. The molecule has 0 spiro atoms. The van der Waals surface area contributed by atoms with Crippen molar-refractivity contribution in [3.63, 3.8) is 0 Å². The highest BCUT2D eigenvalue weighted by Crippen LogP contribution is 2.38. The molecule has 1 aromatic rings. The number of hydrogen-bond acceptors (Lipinski definition) is 3. The van der Waals surface area contributed by atoms with Crippen LogP contribution in [0.2, 0.25) is 5.02 Å². The maximum absolute atomic E-state index is 9.28. The Bertz CT molecular complexity index is 375. The van der Waals surface area contributed by atoms with Crippen LogP contribution in [0.5, 0.6) is 11.5 Å². The van der Waals surface area contributed by atoms with Gasteiger partial charge < -0.3 is 14.6 Å². The summed E-state index contributed by atoms with van der Waals surface area (Å²) in [4.78, 5) is 0. The number of rotatable bonds is 5. The summed E-state index contributed by atoms with van der Waals surface area (Å²) in [6.45, 7) is 0.528. The molecule has 2 rings (SSSR count). The summed E-state index contributed by atoms with van der Waals surface area (Å²) in [5.74, 6) is 1.84. The molecule has 1 aliphatic carbocycles. The van der Waals surface area contributed by atoms with Gasteiger partial charge in [-0.3, -0.25) is 0 Å². The molecular weight excluding hydrogens is 228 g/mol. The number of hydrogen-bond donors (Lipinski definition) is 1. The summed E-state index contributed by atoms with van der Waals surface area (Å²) in [6, 6.07) is 3.46. The normalized spacial score (nSPS) is 14.9. The zero-order valence-electron chi connectivity index (χ0n) is 9.20. The maximum atomic E-state index is 9.28. The molecule has 0 unspecified atom stereocenters. The van der Waals surface area contributed by atoms with Gasteiger partial charge in [-0.15, -0.1) is 0 Å². The number of ether oxygens (including phenoxy) is 2. The van der Waals surface area contributed by atoms with Crippen LogP contribution in [0.25, 0.3) is 0 Å². The highest BCUT2D eigenvalue weighted by Gasteiger charge is 2.23. The topological polar surface area (TPSA) is 38.7 Å². The second kappa shape index (κ2) is 4.93. The molecule has 0 aromatic heterocycles. The molecule has 1 aromatic carbocycles. The minimum Gasteiger partial charge on any atom is -0.493 e. The van der Waals surface area contributed by atoms with Crippen LogP contribution in [0.15, 0.2) is 12.1 Å². The monoisotopic (exact) mass is 242 g/mol. The molecule has 16 heavy (non-hydrogen) atoms. The van der Waals surface area contributed by atoms with E-state index in [0.717, 1.165) is 0 Å². The Morgan fingerprint density at radius 1 is 1.44 bits per heavy atom. The smallest absolute Gasteiger partial charge is 0.168 e. The van der Waals surface area contributed by atoms with E-state index in [1.165, 1.54) is 12.8 Å². The van der Waals surface area contributed by atoms with Gasteiger partial charge in [-0.1, -0.05) is 11.6 Å². The Kier molecular flexibility index (Phi) is 3.56. The van der Waals surface area contributed by atoms with Gasteiger partial charge in [0.15, 0.2) is 11.5 Å². The van der Waals surface area contributed by atoms with E-state index in [2.05, 4.69) is 0 Å². The quantitative estimate of drug-likeness (QED) is 0.863. The van der Waals surface area contributed by atoms with Crippen molar-refractivity contribution in [1.82, 2.24) is 0 Å². The third-order valence-corrected chi connectivity index (χ3v) is 3.06. The Morgan fingerprint density at radius 3 is 2.75 bits per heavy atom. The molecule has 1 fully saturated rings. The summed E-state index contributed by atoms with van der Waals surface area (Å²) in [6.07, 6.45) is 2.44. The van der Waals surface area contributed by atoms with Crippen molar-refractivity contribution in [2.75, 3.05) is 13.7 Å². The van der Waals surface area contributed by atoms with Crippen LogP contribution >= 0.6 is 11.6 Å². The second-order valence-corrected chi connectivity index (χ2v) is 4.38. The summed E-state index contributed by atoms with van der Waals surface area (Å²) in [5, 5.41) is 9.79. The summed E-state index contributed by atoms with van der Waals surface area (Å²) >= 11 is 5.99. The Balaban J connectivity index is 2.24. The molecular formula is C12H15ClO3. The van der Waals surface area contributed by atoms with E-state index in [-0.39, 0.29) is 6.61 Å². The molecule has 3 nitrogen and oxygen atoms in total. The predicted molar refractivity (Wildman–Crippen MR) is 62.1 cm³/mol. The van der Waals surface area contributed by atoms with E-state index in [1.54, 1.807) is 19.2 Å². The van der Waals surface area contributed by atoms with E-state index >= 15 is 0 Å². The third-order valence-electron chi connectivity index (χ3n) is 2.71. The van der Waals surface area contributed by atoms with Crippen molar-refractivity contribution in [2.24, 2.45) is 5.92 Å². The summed E-state index contributed by atoms with van der Waals surface area (Å²) < 4.78 is 10.9. The van der Waals surface area contributed by atoms with Crippen LogP contribution in [0.4, 0.5) is 0 Å². The minimum absolute atomic E-state index is 0.143. The Morgan fingerprint density at radius 2 is 2.19 bits per heavy atom. The first kappa shape index (κ1) is 11.6. The fraction of sp³-hybridized carbons (Fsp3) is 0.500. The van der Waals surface area contributed by atoms with Gasteiger partial charge in [-0.25, -0.2) is 0 Å². The van der Waals surface area contributed by atoms with E-state index in [0.29, 0.717) is 34.6 Å². The zero-order valence-corrected chi connectivity index (χ0v) is 9.96. The minimum atomic E-state index is -0.143. The molecule has 1 saturated carbocycles. The highest BCUT2D eigenvalue weighted by molar-refractivity contribution is 6.31. The van der Waals surface area contributed by atoms with Gasteiger partial charge in [0.1, 0.15) is 0 Å². The molecule has 1 N–H and O–H groups in total. The van der Waals surface area contributed by atoms with Crippen LogP contribution < -0.4 is 9.47 Å². The lowest BCUT2D eigenvalue weighted by molar-refractivity contribution is 0.249. The summed E-state index contributed by atoms with van der Waals surface area (Å²) in [5.41, 5.74) is 0.599. The van der Waals surface area contributed by atoms with Crippen molar-refractivity contribution in [1.29, 1.82) is 0 Å². The van der Waals surface area contributed by atoms with Gasteiger partial charge in [-0.2, -0.15) is 0 Å².